The number of piperidine rings is 1. The molecule has 1 aromatic carbocycles. The van der Waals surface area contributed by atoms with E-state index in [0.29, 0.717) is 0 Å². The molecule has 1 aliphatic heterocycles. The third-order valence-corrected chi connectivity index (χ3v) is 4.13. The largest absolute Gasteiger partial charge is 0.326 e. The first-order valence-electron chi connectivity index (χ1n) is 7.77. The van der Waals surface area contributed by atoms with E-state index in [1.807, 2.05) is 12.1 Å². The van der Waals surface area contributed by atoms with Gasteiger partial charge in [0.2, 0.25) is 5.91 Å². The van der Waals surface area contributed by atoms with Gasteiger partial charge in [0.15, 0.2) is 0 Å². The molecule has 0 bridgehead atoms. The number of nitrogens with one attached hydrogen (secondary N) is 1. The molecule has 0 aliphatic carbocycles. The van der Waals surface area contributed by atoms with Crippen molar-refractivity contribution in [3.8, 4) is 0 Å². The van der Waals surface area contributed by atoms with Crippen molar-refractivity contribution in [3.05, 3.63) is 29.8 Å². The molecular formula is C17H26N2O. The Balaban J connectivity index is 1.84. The number of carbonyl (C=O) groups excluding carboxylic acids is 1. The highest BCUT2D eigenvalue weighted by atomic mass is 16.1. The topological polar surface area (TPSA) is 32.3 Å². The molecule has 1 saturated heterocycles. The molecule has 2 rings (SSSR count). The molecule has 0 aromatic heterocycles. The lowest BCUT2D eigenvalue weighted by atomic mass is 9.96. The number of nitrogens with zero attached hydrogens (tertiary/aromatic N) is 1. The van der Waals surface area contributed by atoms with E-state index in [0.717, 1.165) is 38.0 Å². The number of anilines is 1. The van der Waals surface area contributed by atoms with Crippen LogP contribution in [0.4, 0.5) is 5.69 Å². The fourth-order valence-corrected chi connectivity index (χ4v) is 2.65. The summed E-state index contributed by atoms with van der Waals surface area (Å²) in [5, 5.41) is 3.05. The first-order chi connectivity index (χ1) is 9.69. The van der Waals surface area contributed by atoms with Crippen LogP contribution in [-0.4, -0.2) is 30.9 Å². The van der Waals surface area contributed by atoms with Gasteiger partial charge in [0, 0.05) is 11.6 Å². The van der Waals surface area contributed by atoms with Crippen molar-refractivity contribution in [2.24, 2.45) is 5.92 Å². The third-order valence-electron chi connectivity index (χ3n) is 4.13. The predicted octanol–water partition coefficient (Wildman–Crippen LogP) is 3.31. The molecule has 110 valence electrons. The van der Waals surface area contributed by atoms with Gasteiger partial charge in [-0.2, -0.15) is 0 Å². The van der Waals surface area contributed by atoms with Crippen LogP contribution in [0.1, 0.15) is 38.2 Å². The Morgan fingerprint density at radius 1 is 1.25 bits per heavy atom. The summed E-state index contributed by atoms with van der Waals surface area (Å²) in [5.74, 6) is 0.352. The zero-order valence-electron chi connectivity index (χ0n) is 12.7. The van der Waals surface area contributed by atoms with Gasteiger partial charge in [0.05, 0.1) is 0 Å². The average molecular weight is 274 g/mol. The van der Waals surface area contributed by atoms with Crippen LogP contribution >= 0.6 is 0 Å². The lowest BCUT2D eigenvalue weighted by Gasteiger charge is -2.28. The highest BCUT2D eigenvalue weighted by molar-refractivity contribution is 5.92. The summed E-state index contributed by atoms with van der Waals surface area (Å²) >= 11 is 0. The highest BCUT2D eigenvalue weighted by Gasteiger charge is 2.23. The van der Waals surface area contributed by atoms with E-state index in [9.17, 15) is 4.79 Å². The van der Waals surface area contributed by atoms with E-state index in [2.05, 4.69) is 36.3 Å². The summed E-state index contributed by atoms with van der Waals surface area (Å²) in [6.07, 6.45) is 5.50. The molecule has 3 heteroatoms. The van der Waals surface area contributed by atoms with Crippen LogP contribution in [0.2, 0.25) is 0 Å². The van der Waals surface area contributed by atoms with Crippen LogP contribution in [0.15, 0.2) is 24.3 Å². The van der Waals surface area contributed by atoms with Gasteiger partial charge >= 0.3 is 0 Å². The van der Waals surface area contributed by atoms with Gasteiger partial charge in [0.1, 0.15) is 0 Å². The number of benzene rings is 1. The zero-order valence-corrected chi connectivity index (χ0v) is 12.7. The van der Waals surface area contributed by atoms with E-state index in [-0.39, 0.29) is 11.8 Å². The lowest BCUT2D eigenvalue weighted by Crippen LogP contribution is -2.35. The molecule has 1 amide bonds. The second-order valence-corrected chi connectivity index (χ2v) is 5.87. The molecule has 0 unspecified atom stereocenters. The summed E-state index contributed by atoms with van der Waals surface area (Å²) in [5.41, 5.74) is 2.28. The van der Waals surface area contributed by atoms with Gasteiger partial charge in [-0.25, -0.2) is 0 Å². The Bertz CT molecular complexity index is 419. The van der Waals surface area contributed by atoms with Gasteiger partial charge in [0.25, 0.3) is 0 Å². The molecule has 0 spiro atoms. The van der Waals surface area contributed by atoms with Crippen molar-refractivity contribution in [2.75, 3.05) is 25.5 Å². The minimum Gasteiger partial charge on any atom is -0.326 e. The van der Waals surface area contributed by atoms with Crippen LogP contribution in [0.5, 0.6) is 0 Å². The summed E-state index contributed by atoms with van der Waals surface area (Å²) in [6, 6.07) is 8.30. The van der Waals surface area contributed by atoms with Gasteiger partial charge < -0.3 is 10.2 Å². The van der Waals surface area contributed by atoms with Crippen LogP contribution < -0.4 is 5.32 Å². The van der Waals surface area contributed by atoms with Crippen LogP contribution in [0, 0.1) is 5.92 Å². The lowest BCUT2D eigenvalue weighted by molar-refractivity contribution is -0.121. The van der Waals surface area contributed by atoms with Gasteiger partial charge in [-0.05, 0) is 63.5 Å². The van der Waals surface area contributed by atoms with E-state index < -0.39 is 0 Å². The molecule has 1 aliphatic rings. The minimum absolute atomic E-state index is 0.172. The van der Waals surface area contributed by atoms with E-state index >= 15 is 0 Å². The first kappa shape index (κ1) is 15.0. The van der Waals surface area contributed by atoms with Gasteiger partial charge in [-0.3, -0.25) is 4.79 Å². The second-order valence-electron chi connectivity index (χ2n) is 5.87. The number of unbranched alkanes of at least 4 members (excludes halogenated alkanes) is 1. The predicted molar refractivity (Wildman–Crippen MR) is 83.9 cm³/mol. The number of hydrogen-bond donors (Lipinski definition) is 1. The number of hydrogen-bond acceptors (Lipinski definition) is 2. The van der Waals surface area contributed by atoms with Crippen molar-refractivity contribution in [3.63, 3.8) is 0 Å². The smallest absolute Gasteiger partial charge is 0.227 e. The highest BCUT2D eigenvalue weighted by Crippen LogP contribution is 2.19. The molecule has 1 aromatic rings. The number of aryl methyl sites for hydroxylation is 1. The number of carbonyl (C=O) groups is 1. The van der Waals surface area contributed by atoms with E-state index in [1.165, 1.54) is 18.4 Å². The molecule has 0 atom stereocenters. The van der Waals surface area contributed by atoms with E-state index in [1.54, 1.807) is 0 Å². The molecule has 20 heavy (non-hydrogen) atoms. The minimum atomic E-state index is 0.172. The van der Waals surface area contributed by atoms with Gasteiger partial charge in [-0.1, -0.05) is 25.5 Å². The summed E-state index contributed by atoms with van der Waals surface area (Å²) in [6.45, 7) is 4.25. The number of likely N-dealkylation sites (tertiary alicyclic amines) is 1. The second kappa shape index (κ2) is 7.44. The first-order valence-corrected chi connectivity index (χ1v) is 7.77. The Morgan fingerprint density at radius 2 is 1.90 bits per heavy atom. The average Bonchev–Trinajstić information content (AvgIpc) is 2.47. The molecular weight excluding hydrogens is 248 g/mol. The van der Waals surface area contributed by atoms with Crippen molar-refractivity contribution in [2.45, 2.75) is 39.0 Å². The molecule has 1 fully saturated rings. The Hall–Kier alpha value is -1.35. The molecule has 1 N–H and O–H groups in total. The quantitative estimate of drug-likeness (QED) is 0.893. The van der Waals surface area contributed by atoms with Crippen molar-refractivity contribution in [1.82, 2.24) is 4.90 Å². The SMILES string of the molecule is CCCCc1ccc(NC(=O)C2CCN(C)CC2)cc1. The summed E-state index contributed by atoms with van der Waals surface area (Å²) < 4.78 is 0. The van der Waals surface area contributed by atoms with Gasteiger partial charge in [-0.15, -0.1) is 0 Å². The molecule has 3 nitrogen and oxygen atoms in total. The Morgan fingerprint density at radius 3 is 2.50 bits per heavy atom. The molecule has 0 saturated carbocycles. The molecule has 0 radical (unpaired) electrons. The number of rotatable bonds is 5. The standard InChI is InChI=1S/C17H26N2O/c1-3-4-5-14-6-8-16(9-7-14)18-17(20)15-10-12-19(2)13-11-15/h6-9,15H,3-5,10-13H2,1-2H3,(H,18,20). The Labute approximate surface area is 122 Å². The summed E-state index contributed by atoms with van der Waals surface area (Å²) in [7, 11) is 2.11. The maximum Gasteiger partial charge on any atom is 0.227 e. The molecule has 1 heterocycles. The maximum absolute atomic E-state index is 12.2. The normalized spacial score (nSPS) is 17.1. The Kier molecular flexibility index (Phi) is 5.60. The summed E-state index contributed by atoms with van der Waals surface area (Å²) in [4.78, 5) is 14.5. The number of amides is 1. The van der Waals surface area contributed by atoms with Crippen molar-refractivity contribution < 1.29 is 4.79 Å². The monoisotopic (exact) mass is 274 g/mol. The van der Waals surface area contributed by atoms with Crippen LogP contribution in [-0.2, 0) is 11.2 Å². The maximum atomic E-state index is 12.2. The fourth-order valence-electron chi connectivity index (χ4n) is 2.65. The van der Waals surface area contributed by atoms with Crippen LogP contribution in [0.3, 0.4) is 0 Å². The van der Waals surface area contributed by atoms with Crippen molar-refractivity contribution >= 4 is 11.6 Å². The van der Waals surface area contributed by atoms with Crippen molar-refractivity contribution in [1.29, 1.82) is 0 Å². The fraction of sp³-hybridized carbons (Fsp3) is 0.588. The zero-order chi connectivity index (χ0) is 14.4. The third kappa shape index (κ3) is 4.34. The van der Waals surface area contributed by atoms with Crippen LogP contribution in [0.25, 0.3) is 0 Å². The van der Waals surface area contributed by atoms with E-state index in [4.69, 9.17) is 0 Å².